The first-order chi connectivity index (χ1) is 13.1. The zero-order valence-corrected chi connectivity index (χ0v) is 15.6. The molecule has 0 saturated heterocycles. The van der Waals surface area contributed by atoms with Crippen LogP contribution in [0.2, 0.25) is 0 Å². The molecule has 0 saturated carbocycles. The van der Waals surface area contributed by atoms with Gasteiger partial charge in [-0.1, -0.05) is 0 Å². The molecule has 2 N–H and O–H groups in total. The summed E-state index contributed by atoms with van der Waals surface area (Å²) in [5, 5.41) is 6.10. The van der Waals surface area contributed by atoms with Gasteiger partial charge in [0.1, 0.15) is 11.5 Å². The highest BCUT2D eigenvalue weighted by atomic mass is 32.1. The van der Waals surface area contributed by atoms with E-state index in [1.807, 2.05) is 6.07 Å². The molecule has 2 aromatic heterocycles. The van der Waals surface area contributed by atoms with Crippen molar-refractivity contribution >= 4 is 28.2 Å². The molecule has 0 bridgehead atoms. The lowest BCUT2D eigenvalue weighted by molar-refractivity contribution is 0.0953. The Hall–Kier alpha value is -3.26. The Bertz CT molecular complexity index is 933. The monoisotopic (exact) mass is 386 g/mol. The van der Waals surface area contributed by atoms with Gasteiger partial charge in [0.15, 0.2) is 5.76 Å². The van der Waals surface area contributed by atoms with E-state index in [4.69, 9.17) is 13.9 Å². The lowest BCUT2D eigenvalue weighted by atomic mass is 10.2. The molecule has 0 radical (unpaired) electrons. The van der Waals surface area contributed by atoms with Gasteiger partial charge in [-0.15, -0.1) is 11.3 Å². The first kappa shape index (κ1) is 18.5. The Balaban J connectivity index is 1.60. The lowest BCUT2D eigenvalue weighted by Gasteiger charge is -2.11. The average Bonchev–Trinajstić information content (AvgIpc) is 3.38. The number of hydrogen-bond acceptors (Lipinski definition) is 6. The molecule has 0 atom stereocenters. The van der Waals surface area contributed by atoms with Gasteiger partial charge in [-0.25, -0.2) is 0 Å². The molecule has 2 heterocycles. The number of benzene rings is 1. The third kappa shape index (κ3) is 4.48. The molecule has 140 valence electrons. The number of methoxy groups -OCH3 is 2. The van der Waals surface area contributed by atoms with E-state index in [2.05, 4.69) is 10.6 Å². The van der Waals surface area contributed by atoms with Crippen LogP contribution in [0.5, 0.6) is 11.5 Å². The fourth-order valence-electron chi connectivity index (χ4n) is 2.37. The van der Waals surface area contributed by atoms with Gasteiger partial charge < -0.3 is 24.5 Å². The van der Waals surface area contributed by atoms with Crippen LogP contribution in [0.15, 0.2) is 53.1 Å². The zero-order valence-electron chi connectivity index (χ0n) is 14.8. The molecule has 2 amide bonds. The SMILES string of the molecule is COc1ccc(CNC(=O)c2ccc(NC(=O)c3ccco3)s2)c(OC)c1. The third-order valence-electron chi connectivity index (χ3n) is 3.75. The van der Waals surface area contributed by atoms with Gasteiger partial charge in [-0.3, -0.25) is 9.59 Å². The van der Waals surface area contributed by atoms with Crippen LogP contribution in [0.1, 0.15) is 25.8 Å². The molecule has 7 nitrogen and oxygen atoms in total. The van der Waals surface area contributed by atoms with E-state index in [-0.39, 0.29) is 17.6 Å². The first-order valence-electron chi connectivity index (χ1n) is 8.04. The molecule has 3 aromatic rings. The minimum Gasteiger partial charge on any atom is -0.497 e. The van der Waals surface area contributed by atoms with Crippen LogP contribution in [0.25, 0.3) is 0 Å². The maximum absolute atomic E-state index is 12.4. The number of ether oxygens (including phenoxy) is 2. The second-order valence-electron chi connectivity index (χ2n) is 5.46. The Morgan fingerprint density at radius 2 is 1.93 bits per heavy atom. The topological polar surface area (TPSA) is 89.8 Å². The van der Waals surface area contributed by atoms with Gasteiger partial charge >= 0.3 is 0 Å². The Labute approximate surface area is 159 Å². The van der Waals surface area contributed by atoms with Gasteiger partial charge in [-0.05, 0) is 36.4 Å². The number of rotatable bonds is 7. The quantitative estimate of drug-likeness (QED) is 0.648. The van der Waals surface area contributed by atoms with E-state index >= 15 is 0 Å². The summed E-state index contributed by atoms with van der Waals surface area (Å²) in [6.45, 7) is 0.304. The summed E-state index contributed by atoms with van der Waals surface area (Å²) in [5.74, 6) is 0.915. The van der Waals surface area contributed by atoms with Crippen molar-refractivity contribution in [3.63, 3.8) is 0 Å². The van der Waals surface area contributed by atoms with Gasteiger partial charge in [0, 0.05) is 18.2 Å². The van der Waals surface area contributed by atoms with E-state index in [0.717, 1.165) is 5.56 Å². The van der Waals surface area contributed by atoms with Crippen LogP contribution >= 0.6 is 11.3 Å². The standard InChI is InChI=1S/C19H18N2O5S/c1-24-13-6-5-12(15(10-13)25-2)11-20-19(23)16-7-8-17(27-16)21-18(22)14-4-3-9-26-14/h3-10H,11H2,1-2H3,(H,20,23)(H,21,22). The van der Waals surface area contributed by atoms with Crippen LogP contribution in [0, 0.1) is 0 Å². The van der Waals surface area contributed by atoms with E-state index in [0.29, 0.717) is 27.9 Å². The van der Waals surface area contributed by atoms with E-state index in [1.165, 1.54) is 17.6 Å². The van der Waals surface area contributed by atoms with E-state index < -0.39 is 0 Å². The number of nitrogens with one attached hydrogen (secondary N) is 2. The Morgan fingerprint density at radius 1 is 1.07 bits per heavy atom. The largest absolute Gasteiger partial charge is 0.497 e. The Kier molecular flexibility index (Phi) is 5.77. The molecular formula is C19H18N2O5S. The first-order valence-corrected chi connectivity index (χ1v) is 8.86. The molecule has 0 aliphatic carbocycles. The average molecular weight is 386 g/mol. The van der Waals surface area contributed by atoms with Crippen molar-refractivity contribution < 1.29 is 23.5 Å². The Morgan fingerprint density at radius 3 is 2.63 bits per heavy atom. The molecule has 0 aliphatic rings. The lowest BCUT2D eigenvalue weighted by Crippen LogP contribution is -2.22. The van der Waals surface area contributed by atoms with Crippen molar-refractivity contribution in [1.82, 2.24) is 5.32 Å². The summed E-state index contributed by atoms with van der Waals surface area (Å²) < 4.78 is 15.5. The van der Waals surface area contributed by atoms with Crippen molar-refractivity contribution in [2.24, 2.45) is 0 Å². The molecule has 27 heavy (non-hydrogen) atoms. The predicted octanol–water partition coefficient (Wildman–Crippen LogP) is 3.54. The van der Waals surface area contributed by atoms with E-state index in [1.54, 1.807) is 50.6 Å². The predicted molar refractivity (Wildman–Crippen MR) is 102 cm³/mol. The van der Waals surface area contributed by atoms with Crippen molar-refractivity contribution in [3.8, 4) is 11.5 Å². The summed E-state index contributed by atoms with van der Waals surface area (Å²) >= 11 is 1.18. The summed E-state index contributed by atoms with van der Waals surface area (Å²) in [6.07, 6.45) is 1.43. The maximum Gasteiger partial charge on any atom is 0.291 e. The number of carbonyl (C=O) groups excluding carboxylic acids is 2. The number of amides is 2. The molecule has 0 spiro atoms. The van der Waals surface area contributed by atoms with Crippen molar-refractivity contribution in [3.05, 3.63) is 64.9 Å². The molecule has 8 heteroatoms. The van der Waals surface area contributed by atoms with Crippen molar-refractivity contribution in [2.45, 2.75) is 6.54 Å². The minimum atomic E-state index is -0.364. The normalized spacial score (nSPS) is 10.3. The van der Waals surface area contributed by atoms with Crippen molar-refractivity contribution in [2.75, 3.05) is 19.5 Å². The second kappa shape index (κ2) is 8.41. The number of carbonyl (C=O) groups is 2. The summed E-state index contributed by atoms with van der Waals surface area (Å²) in [6, 6.07) is 11.9. The highest BCUT2D eigenvalue weighted by molar-refractivity contribution is 7.18. The van der Waals surface area contributed by atoms with Crippen LogP contribution in [0.3, 0.4) is 0 Å². The van der Waals surface area contributed by atoms with Crippen molar-refractivity contribution in [1.29, 1.82) is 0 Å². The number of anilines is 1. The molecule has 0 aliphatic heterocycles. The van der Waals surface area contributed by atoms with Crippen LogP contribution < -0.4 is 20.1 Å². The van der Waals surface area contributed by atoms with Gasteiger partial charge in [0.25, 0.3) is 11.8 Å². The molecule has 0 unspecified atom stereocenters. The fraction of sp³-hybridized carbons (Fsp3) is 0.158. The van der Waals surface area contributed by atoms with Gasteiger partial charge in [0.05, 0.1) is 30.4 Å². The number of furan rings is 1. The van der Waals surface area contributed by atoms with Crippen LogP contribution in [-0.4, -0.2) is 26.0 Å². The van der Waals surface area contributed by atoms with Crippen LogP contribution in [0.4, 0.5) is 5.00 Å². The molecular weight excluding hydrogens is 368 g/mol. The van der Waals surface area contributed by atoms with Crippen LogP contribution in [-0.2, 0) is 6.54 Å². The smallest absolute Gasteiger partial charge is 0.291 e. The highest BCUT2D eigenvalue weighted by Crippen LogP contribution is 2.25. The minimum absolute atomic E-state index is 0.209. The maximum atomic E-state index is 12.4. The highest BCUT2D eigenvalue weighted by Gasteiger charge is 2.14. The van der Waals surface area contributed by atoms with Gasteiger partial charge in [-0.2, -0.15) is 0 Å². The fourth-order valence-corrected chi connectivity index (χ4v) is 3.19. The van der Waals surface area contributed by atoms with Gasteiger partial charge in [0.2, 0.25) is 0 Å². The van der Waals surface area contributed by atoms with E-state index in [9.17, 15) is 9.59 Å². The molecule has 1 aromatic carbocycles. The molecule has 0 fully saturated rings. The summed E-state index contributed by atoms with van der Waals surface area (Å²) in [7, 11) is 3.14. The molecule has 3 rings (SSSR count). The number of hydrogen-bond donors (Lipinski definition) is 2. The summed E-state index contributed by atoms with van der Waals surface area (Å²) in [4.78, 5) is 24.8. The second-order valence-corrected chi connectivity index (χ2v) is 6.54. The third-order valence-corrected chi connectivity index (χ3v) is 4.74. The zero-order chi connectivity index (χ0) is 19.2. The summed E-state index contributed by atoms with van der Waals surface area (Å²) in [5.41, 5.74) is 0.828. The number of thiophene rings is 1.